The number of likely N-dealkylation sites (N-methyl/N-ethyl adjacent to an activating group) is 1. The number of fused-ring (bicyclic) bond motifs is 2. The monoisotopic (exact) mass is 857 g/mol. The van der Waals surface area contributed by atoms with Crippen LogP contribution in [-0.4, -0.2) is 107 Å². The average molecular weight is 858 g/mol. The van der Waals surface area contributed by atoms with E-state index in [-0.39, 0.29) is 62.4 Å². The number of phenolic OH excluding ortho intramolecular Hbond substituents is 1. The van der Waals surface area contributed by atoms with Gasteiger partial charge in [-0.15, -0.1) is 0 Å². The molecule has 16 heteroatoms. The Morgan fingerprint density at radius 3 is 2.45 bits per heavy atom. The van der Waals surface area contributed by atoms with Gasteiger partial charge in [-0.1, -0.05) is 39.0 Å². The number of anilines is 1. The van der Waals surface area contributed by atoms with Gasteiger partial charge < -0.3 is 53.6 Å². The Bertz CT molecular complexity index is 2510. The van der Waals surface area contributed by atoms with Crippen LogP contribution in [0.4, 0.5) is 5.69 Å². The molecule has 0 aromatic heterocycles. The smallest absolute Gasteiger partial charge is 0.312 e. The lowest BCUT2D eigenvalue weighted by molar-refractivity contribution is -0.158. The quantitative estimate of drug-likeness (QED) is 0.105. The Balaban J connectivity index is 1.57. The molecule has 62 heavy (non-hydrogen) atoms. The van der Waals surface area contributed by atoms with Gasteiger partial charge in [-0.05, 0) is 46.2 Å². The first-order chi connectivity index (χ1) is 29.3. The van der Waals surface area contributed by atoms with E-state index in [1.807, 2.05) is 19.0 Å². The molecule has 3 heterocycles. The molecule has 0 fully saturated rings. The Morgan fingerprint density at radius 2 is 1.77 bits per heavy atom. The number of carbonyl (C=O) groups excluding carboxylic acids is 3. The molecule has 0 radical (unpaired) electrons. The van der Waals surface area contributed by atoms with Gasteiger partial charge in [0, 0.05) is 74.3 Å². The minimum Gasteiger partial charge on any atom is -0.507 e. The number of nitrogens with one attached hydrogen (secondary N) is 1. The molecule has 2 aromatic rings. The van der Waals surface area contributed by atoms with Gasteiger partial charge in [0.05, 0.1) is 35.5 Å². The van der Waals surface area contributed by atoms with Crippen LogP contribution >= 0.6 is 0 Å². The first kappa shape index (κ1) is 45.7. The maximum absolute atomic E-state index is 14.7. The van der Waals surface area contributed by atoms with E-state index < -0.39 is 76.8 Å². The highest BCUT2D eigenvalue weighted by Crippen LogP contribution is 2.50. The average Bonchev–Trinajstić information content (AvgIpc) is 3.48. The van der Waals surface area contributed by atoms with Gasteiger partial charge in [0.15, 0.2) is 11.3 Å². The molecule has 4 bridgehead atoms. The summed E-state index contributed by atoms with van der Waals surface area (Å²) < 4.78 is 36.1. The molecule has 4 N–H and O–H groups in total. The summed E-state index contributed by atoms with van der Waals surface area (Å²) in [5.41, 5.74) is -0.562. The summed E-state index contributed by atoms with van der Waals surface area (Å²) in [7, 11) is 5.27. The lowest BCUT2D eigenvalue weighted by Crippen LogP contribution is -2.43. The number of amides is 1. The van der Waals surface area contributed by atoms with Crippen molar-refractivity contribution < 1.29 is 57.8 Å². The number of phenols is 1. The summed E-state index contributed by atoms with van der Waals surface area (Å²) in [5.74, 6) is -6.03. The first-order valence-corrected chi connectivity index (χ1v) is 20.5. The van der Waals surface area contributed by atoms with Crippen molar-refractivity contribution in [1.29, 1.82) is 0 Å². The summed E-state index contributed by atoms with van der Waals surface area (Å²) >= 11 is 0. The molecule has 1 amide bonds. The summed E-state index contributed by atoms with van der Waals surface area (Å²) in [6.07, 6.45) is 3.58. The number of ketones is 1. The van der Waals surface area contributed by atoms with E-state index in [0.29, 0.717) is 24.4 Å². The molecular weight excluding hydrogens is 803 g/mol. The lowest BCUT2D eigenvalue weighted by atomic mass is 9.83. The number of allylic oxidation sites excluding steroid dienone is 2. The van der Waals surface area contributed by atoms with Crippen LogP contribution in [0.2, 0.25) is 0 Å². The van der Waals surface area contributed by atoms with E-state index in [0.717, 1.165) is 0 Å². The SMILES string of the molecule is CO[C@H]1/C=C/O[C@@]2(C)Oc3c(C)c(O)c4c(=O)c(c5oc6cc(OCCN(C)C)ccc6nc-5c4c3C2=O)NC(=O)/C(C)=C\C=C\[C@H](C)[C@H](O)C[C@@H](O)[C@@H](C)[C@H](OC(C)=O)[C@@H]1C. The van der Waals surface area contributed by atoms with E-state index in [9.17, 15) is 34.5 Å². The van der Waals surface area contributed by atoms with Crippen molar-refractivity contribution in [2.24, 2.45) is 17.8 Å². The van der Waals surface area contributed by atoms with Crippen LogP contribution in [0.15, 0.2) is 63.6 Å². The van der Waals surface area contributed by atoms with E-state index in [4.69, 9.17) is 33.1 Å². The molecule has 0 spiro atoms. The summed E-state index contributed by atoms with van der Waals surface area (Å²) in [5, 5.41) is 36.5. The van der Waals surface area contributed by atoms with Crippen molar-refractivity contribution in [1.82, 2.24) is 9.88 Å². The van der Waals surface area contributed by atoms with Crippen LogP contribution in [-0.2, 0) is 23.8 Å². The number of rotatable bonds is 6. The molecule has 2 aromatic carbocycles. The molecule has 1 aliphatic carbocycles. The Labute approximate surface area is 359 Å². The van der Waals surface area contributed by atoms with Crippen LogP contribution in [0.5, 0.6) is 17.2 Å². The zero-order valence-corrected chi connectivity index (χ0v) is 36.6. The number of aliphatic hydroxyl groups is 2. The standard InChI is InChI=1S/C46H55N3O13/c1-22-12-11-13-23(2)45(56)48-38-40(54)35-34(37-43(38)61-33-20-28(14-15-29(33)47-37)58-19-17-49(8)9)36-42(26(5)39(35)53)62-46(7,44(36)55)59-18-16-32(57-10)25(4)41(60-27(6)50)24(3)31(52)21-30(22)51/h11-16,18,20,22,24-25,30-32,41,51-53H,17,19,21H2,1-10H3,(H,48,56)/b12-11+,18-16+,23-13-/t22-,24+,25+,30+,31+,32-,41-,46-/m0/s1. The molecule has 0 unspecified atom stereocenters. The lowest BCUT2D eigenvalue weighted by Gasteiger charge is -2.35. The zero-order valence-electron chi connectivity index (χ0n) is 36.6. The number of hydrogen-bond donors (Lipinski definition) is 4. The zero-order chi connectivity index (χ0) is 45.4. The second kappa shape index (κ2) is 18.3. The fraction of sp³-hybridized carbons (Fsp3) is 0.457. The largest absolute Gasteiger partial charge is 0.507 e. The van der Waals surface area contributed by atoms with Crippen molar-refractivity contribution in [3.05, 3.63) is 75.7 Å². The summed E-state index contributed by atoms with van der Waals surface area (Å²) in [6, 6.07) is 4.96. The first-order valence-electron chi connectivity index (χ1n) is 20.5. The Hall–Kier alpha value is -5.81. The second-order valence-electron chi connectivity index (χ2n) is 16.5. The van der Waals surface area contributed by atoms with Gasteiger partial charge >= 0.3 is 11.8 Å². The van der Waals surface area contributed by atoms with Crippen molar-refractivity contribution in [2.75, 3.05) is 39.7 Å². The highest BCUT2D eigenvalue weighted by Gasteiger charge is 2.50. The Morgan fingerprint density at radius 1 is 1.05 bits per heavy atom. The fourth-order valence-corrected chi connectivity index (χ4v) is 7.78. The molecule has 8 atom stereocenters. The number of carbonyl (C=O) groups is 3. The third-order valence-electron chi connectivity index (χ3n) is 11.7. The number of methoxy groups -OCH3 is 1. The van der Waals surface area contributed by atoms with E-state index >= 15 is 0 Å². The van der Waals surface area contributed by atoms with Gasteiger partial charge in [0.25, 0.3) is 11.7 Å². The molecule has 0 saturated heterocycles. The van der Waals surface area contributed by atoms with Crippen LogP contribution in [0.1, 0.15) is 63.9 Å². The van der Waals surface area contributed by atoms with Crippen LogP contribution in [0.25, 0.3) is 33.3 Å². The normalized spacial score (nSPS) is 28.1. The number of aromatic hydroxyl groups is 1. The van der Waals surface area contributed by atoms with Crippen LogP contribution in [0.3, 0.4) is 0 Å². The molecule has 4 aliphatic rings. The number of hydrogen-bond acceptors (Lipinski definition) is 15. The van der Waals surface area contributed by atoms with Crippen LogP contribution in [0, 0.1) is 24.7 Å². The van der Waals surface area contributed by atoms with E-state index in [2.05, 4.69) is 5.32 Å². The number of aliphatic hydroxyl groups excluding tert-OH is 2. The number of Topliss-reactive ketones (excluding diaryl/α,β-unsaturated/α-hetero) is 1. The maximum atomic E-state index is 14.7. The van der Waals surface area contributed by atoms with Crippen molar-refractivity contribution in [2.45, 2.75) is 85.1 Å². The predicted octanol–water partition coefficient (Wildman–Crippen LogP) is 5.64. The number of benzene rings is 3. The number of esters is 1. The van der Waals surface area contributed by atoms with Gasteiger partial charge in [-0.25, -0.2) is 4.98 Å². The second-order valence-corrected chi connectivity index (χ2v) is 16.5. The van der Waals surface area contributed by atoms with Gasteiger partial charge in [-0.3, -0.25) is 19.2 Å². The van der Waals surface area contributed by atoms with Crippen molar-refractivity contribution >= 4 is 45.2 Å². The molecule has 0 saturated carbocycles. The van der Waals surface area contributed by atoms with E-state index in [1.165, 1.54) is 53.2 Å². The number of nitrogens with zero attached hydrogens (tertiary/aromatic N) is 2. The minimum atomic E-state index is -2.03. The topological polar surface area (TPSA) is 216 Å². The predicted molar refractivity (Wildman–Crippen MR) is 230 cm³/mol. The van der Waals surface area contributed by atoms with Crippen molar-refractivity contribution in [3.8, 4) is 28.7 Å². The molecule has 6 rings (SSSR count). The highest BCUT2D eigenvalue weighted by atomic mass is 16.7. The van der Waals surface area contributed by atoms with Crippen molar-refractivity contribution in [3.63, 3.8) is 0 Å². The summed E-state index contributed by atoms with van der Waals surface area (Å²) in [6.45, 7) is 11.9. The third kappa shape index (κ3) is 8.91. The fourth-order valence-electron chi connectivity index (χ4n) is 7.78. The van der Waals surface area contributed by atoms with E-state index in [1.54, 1.807) is 51.1 Å². The van der Waals surface area contributed by atoms with Gasteiger partial charge in [0.1, 0.15) is 46.9 Å². The number of aromatic nitrogens is 1. The minimum absolute atomic E-state index is 0.0214. The molecular formula is C46H55N3O13. The van der Waals surface area contributed by atoms with Crippen LogP contribution < -0.4 is 20.2 Å². The molecule has 332 valence electrons. The number of ether oxygens (including phenoxy) is 5. The molecule has 16 nitrogen and oxygen atoms in total. The summed E-state index contributed by atoms with van der Waals surface area (Å²) in [4.78, 5) is 62.3. The molecule has 3 aliphatic heterocycles. The third-order valence-corrected chi connectivity index (χ3v) is 11.7. The van der Waals surface area contributed by atoms with Gasteiger partial charge in [0.2, 0.25) is 5.43 Å². The Kier molecular flexibility index (Phi) is 13.5. The maximum Gasteiger partial charge on any atom is 0.312 e. The highest BCUT2D eigenvalue weighted by molar-refractivity contribution is 6.22. The van der Waals surface area contributed by atoms with Gasteiger partial charge in [-0.2, -0.15) is 0 Å².